The van der Waals surface area contributed by atoms with Crippen molar-refractivity contribution in [1.82, 2.24) is 10.2 Å². The molecule has 3 aromatic carbocycles. The molecule has 3 heterocycles. The van der Waals surface area contributed by atoms with Gasteiger partial charge < -0.3 is 9.84 Å². The van der Waals surface area contributed by atoms with Gasteiger partial charge in [0, 0.05) is 22.8 Å². The van der Waals surface area contributed by atoms with Crippen molar-refractivity contribution in [2.45, 2.75) is 35.6 Å². The van der Waals surface area contributed by atoms with E-state index in [-0.39, 0.29) is 28.4 Å². The van der Waals surface area contributed by atoms with E-state index in [1.807, 2.05) is 6.92 Å². The van der Waals surface area contributed by atoms with E-state index >= 15 is 0 Å². The highest BCUT2D eigenvalue weighted by molar-refractivity contribution is 8.00. The predicted molar refractivity (Wildman–Crippen MR) is 152 cm³/mol. The Morgan fingerprint density at radius 2 is 1.98 bits per heavy atom. The van der Waals surface area contributed by atoms with Gasteiger partial charge in [0.2, 0.25) is 5.13 Å². The van der Waals surface area contributed by atoms with Crippen molar-refractivity contribution in [3.05, 3.63) is 105 Å². The van der Waals surface area contributed by atoms with Crippen molar-refractivity contribution < 1.29 is 23.8 Å². The molecule has 1 fully saturated rings. The number of rotatable bonds is 6. The second-order valence-electron chi connectivity index (χ2n) is 9.41. The Balaban J connectivity index is 1.39. The van der Waals surface area contributed by atoms with E-state index in [0.717, 1.165) is 22.6 Å². The third kappa shape index (κ3) is 4.87. The minimum Gasteiger partial charge on any atom is -0.507 e. The maximum atomic E-state index is 14.1. The summed E-state index contributed by atoms with van der Waals surface area (Å²) in [6.45, 7) is 1.95. The molecule has 1 aromatic heterocycles. The van der Waals surface area contributed by atoms with Crippen LogP contribution in [0, 0.1) is 5.82 Å². The molecule has 202 valence electrons. The molecular formula is C29H21ClFN3O4S2. The van der Waals surface area contributed by atoms with Gasteiger partial charge >= 0.3 is 5.91 Å². The molecule has 0 radical (unpaired) electrons. The molecule has 0 bridgehead atoms. The molecule has 2 aliphatic heterocycles. The molecule has 6 rings (SSSR count). The van der Waals surface area contributed by atoms with Gasteiger partial charge in [-0.05, 0) is 60.0 Å². The third-order valence-electron chi connectivity index (χ3n) is 6.69. The quantitative estimate of drug-likeness (QED) is 0.0888. The number of carbonyl (C=O) groups excluding carboxylic acids is 2. The number of Topliss-reactive ketones (excluding diaryl/α,β-unsaturated/α-hetero) is 1. The van der Waals surface area contributed by atoms with Crippen LogP contribution in [-0.2, 0) is 21.8 Å². The number of carbonyl (C=O) groups is 2. The summed E-state index contributed by atoms with van der Waals surface area (Å²) in [7, 11) is 0. The largest absolute Gasteiger partial charge is 0.507 e. The minimum atomic E-state index is -0.987. The first-order valence-electron chi connectivity index (χ1n) is 12.4. The average molecular weight is 594 g/mol. The summed E-state index contributed by atoms with van der Waals surface area (Å²) in [6, 6.07) is 17.4. The monoisotopic (exact) mass is 593 g/mol. The molecule has 1 saturated heterocycles. The number of fused-ring (bicyclic) bond motifs is 1. The molecule has 1 N–H and O–H groups in total. The van der Waals surface area contributed by atoms with Crippen LogP contribution in [0.25, 0.3) is 5.76 Å². The Labute approximate surface area is 242 Å². The summed E-state index contributed by atoms with van der Waals surface area (Å²) >= 11 is 8.67. The van der Waals surface area contributed by atoms with Crippen molar-refractivity contribution in [2.75, 3.05) is 4.90 Å². The fourth-order valence-corrected chi connectivity index (χ4v) is 6.91. The lowest BCUT2D eigenvalue weighted by molar-refractivity contribution is -0.132. The molecule has 40 heavy (non-hydrogen) atoms. The number of thioether (sulfide) groups is 1. The summed E-state index contributed by atoms with van der Waals surface area (Å²) in [4.78, 5) is 28.1. The van der Waals surface area contributed by atoms with Gasteiger partial charge in [0.05, 0.1) is 11.6 Å². The standard InChI is InChI=1S/C29H21ClFN3O4S2/c1-15-11-19-12-17(9-10-22(19)38-15)25(35)23-24(16-6-4-7-20(30)13-16)34(27(37)26(23)36)28-32-33-29(40-28)39-14-18-5-2-3-8-21(18)31/h2-10,12-13,15,24,35H,11,14H2,1H3/b25-23+/t15-,24-/m0/s1. The van der Waals surface area contributed by atoms with Crippen LogP contribution < -0.4 is 9.64 Å². The van der Waals surface area contributed by atoms with Crippen LogP contribution in [0.2, 0.25) is 5.02 Å². The maximum Gasteiger partial charge on any atom is 0.301 e. The molecular weight excluding hydrogens is 573 g/mol. The van der Waals surface area contributed by atoms with E-state index in [2.05, 4.69) is 10.2 Å². The van der Waals surface area contributed by atoms with Crippen LogP contribution in [0.5, 0.6) is 5.75 Å². The van der Waals surface area contributed by atoms with Crippen LogP contribution in [0.1, 0.15) is 35.2 Å². The van der Waals surface area contributed by atoms with E-state index in [1.54, 1.807) is 60.7 Å². The Kier molecular flexibility index (Phi) is 7.07. The number of hydrogen-bond donors (Lipinski definition) is 1. The first-order valence-corrected chi connectivity index (χ1v) is 14.5. The van der Waals surface area contributed by atoms with E-state index in [0.29, 0.717) is 38.2 Å². The summed E-state index contributed by atoms with van der Waals surface area (Å²) in [6.07, 6.45) is 0.674. The molecule has 11 heteroatoms. The predicted octanol–water partition coefficient (Wildman–Crippen LogP) is 6.57. The van der Waals surface area contributed by atoms with Crippen LogP contribution in [0.15, 0.2) is 76.6 Å². The van der Waals surface area contributed by atoms with E-state index in [1.165, 1.54) is 22.7 Å². The summed E-state index contributed by atoms with van der Waals surface area (Å²) < 4.78 is 20.3. The number of aliphatic hydroxyl groups is 1. The number of aliphatic hydroxyl groups excluding tert-OH is 1. The normalized spacial score (nSPS) is 19.6. The van der Waals surface area contributed by atoms with Gasteiger partial charge in [-0.1, -0.05) is 65.0 Å². The Bertz CT molecular complexity index is 1690. The Morgan fingerprint density at radius 1 is 1.15 bits per heavy atom. The van der Waals surface area contributed by atoms with Crippen molar-refractivity contribution in [3.63, 3.8) is 0 Å². The number of hydrogen-bond acceptors (Lipinski definition) is 8. The smallest absolute Gasteiger partial charge is 0.301 e. The lowest BCUT2D eigenvalue weighted by atomic mass is 9.94. The molecule has 2 aliphatic rings. The Morgan fingerprint density at radius 3 is 2.77 bits per heavy atom. The summed E-state index contributed by atoms with van der Waals surface area (Å²) in [5, 5.41) is 20.4. The highest BCUT2D eigenvalue weighted by Gasteiger charge is 2.48. The molecule has 7 nitrogen and oxygen atoms in total. The fourth-order valence-electron chi connectivity index (χ4n) is 4.86. The van der Waals surface area contributed by atoms with E-state index in [9.17, 15) is 19.1 Å². The van der Waals surface area contributed by atoms with Gasteiger partial charge in [-0.25, -0.2) is 4.39 Å². The van der Waals surface area contributed by atoms with Crippen LogP contribution >= 0.6 is 34.7 Å². The lowest BCUT2D eigenvalue weighted by Gasteiger charge is -2.22. The molecule has 1 amide bonds. The second kappa shape index (κ2) is 10.7. The van der Waals surface area contributed by atoms with Crippen LogP contribution in [-0.4, -0.2) is 33.1 Å². The minimum absolute atomic E-state index is 0.00675. The van der Waals surface area contributed by atoms with Crippen molar-refractivity contribution in [3.8, 4) is 5.75 Å². The van der Waals surface area contributed by atoms with Gasteiger partial charge in [0.1, 0.15) is 23.4 Å². The highest BCUT2D eigenvalue weighted by atomic mass is 35.5. The third-order valence-corrected chi connectivity index (χ3v) is 9.03. The second-order valence-corrected chi connectivity index (χ2v) is 12.0. The number of anilines is 1. The lowest BCUT2D eigenvalue weighted by Crippen LogP contribution is -2.29. The number of ketones is 1. The molecule has 0 saturated carbocycles. The van der Waals surface area contributed by atoms with Crippen molar-refractivity contribution in [2.24, 2.45) is 0 Å². The van der Waals surface area contributed by atoms with Crippen molar-refractivity contribution >= 4 is 57.3 Å². The molecule has 0 spiro atoms. The number of ether oxygens (including phenoxy) is 1. The highest BCUT2D eigenvalue weighted by Crippen LogP contribution is 2.45. The van der Waals surface area contributed by atoms with Gasteiger partial charge in [0.25, 0.3) is 5.78 Å². The SMILES string of the molecule is C[C@H]1Cc2cc(/C(O)=C3\C(=O)C(=O)N(c4nnc(SCc5ccccc5F)s4)[C@H]3c3cccc(Cl)c3)ccc2O1. The fraction of sp³-hybridized carbons (Fsp3) is 0.172. The summed E-state index contributed by atoms with van der Waals surface area (Å²) in [5.74, 6) is -1.26. The number of benzene rings is 3. The van der Waals surface area contributed by atoms with Crippen molar-refractivity contribution in [1.29, 1.82) is 0 Å². The molecule has 0 aliphatic carbocycles. The molecule has 4 aromatic rings. The van der Waals surface area contributed by atoms with E-state index < -0.39 is 17.7 Å². The topological polar surface area (TPSA) is 92.6 Å². The zero-order valence-corrected chi connectivity index (χ0v) is 23.4. The average Bonchev–Trinajstić information content (AvgIpc) is 3.63. The first-order chi connectivity index (χ1) is 19.3. The van der Waals surface area contributed by atoms with Gasteiger partial charge in [-0.2, -0.15) is 0 Å². The summed E-state index contributed by atoms with van der Waals surface area (Å²) in [5.41, 5.74) is 2.28. The molecule has 2 atom stereocenters. The molecule has 0 unspecified atom stereocenters. The van der Waals surface area contributed by atoms with Gasteiger partial charge in [-0.15, -0.1) is 10.2 Å². The number of nitrogens with zero attached hydrogens (tertiary/aromatic N) is 3. The number of halogens is 2. The number of amides is 1. The Hall–Kier alpha value is -3.73. The zero-order valence-electron chi connectivity index (χ0n) is 21.0. The van der Waals surface area contributed by atoms with Crippen LogP contribution in [0.4, 0.5) is 9.52 Å². The van der Waals surface area contributed by atoms with Gasteiger partial charge in [0.15, 0.2) is 4.34 Å². The van der Waals surface area contributed by atoms with Crippen LogP contribution in [0.3, 0.4) is 0 Å². The van der Waals surface area contributed by atoms with Gasteiger partial charge in [-0.3, -0.25) is 14.5 Å². The number of aromatic nitrogens is 2. The first kappa shape index (κ1) is 26.5. The maximum absolute atomic E-state index is 14.1. The zero-order chi connectivity index (χ0) is 28.0. The van der Waals surface area contributed by atoms with E-state index in [4.69, 9.17) is 16.3 Å².